The van der Waals surface area contributed by atoms with E-state index in [9.17, 15) is 4.79 Å². The topological polar surface area (TPSA) is 97.0 Å². The molecule has 10 heteroatoms. The summed E-state index contributed by atoms with van der Waals surface area (Å²) in [5.74, 6) is -0.0664. The fourth-order valence-corrected chi connectivity index (χ4v) is 3.97. The van der Waals surface area contributed by atoms with E-state index in [1.807, 2.05) is 35.8 Å². The minimum Gasteiger partial charge on any atom is -0.348 e. The van der Waals surface area contributed by atoms with Gasteiger partial charge in [-0.2, -0.15) is 10.1 Å². The van der Waals surface area contributed by atoms with Crippen molar-refractivity contribution in [1.29, 1.82) is 0 Å². The highest BCUT2D eigenvalue weighted by Crippen LogP contribution is 2.34. The number of rotatable bonds is 2. The second kappa shape index (κ2) is 6.16. The van der Waals surface area contributed by atoms with Crippen LogP contribution >= 0.6 is 11.6 Å². The minimum absolute atomic E-state index is 0.0447. The summed E-state index contributed by atoms with van der Waals surface area (Å²) in [6.07, 6.45) is 4.23. The summed E-state index contributed by atoms with van der Waals surface area (Å²) in [5.41, 5.74) is 4.67. The first-order chi connectivity index (χ1) is 13.5. The zero-order valence-corrected chi connectivity index (χ0v) is 16.1. The summed E-state index contributed by atoms with van der Waals surface area (Å²) in [4.78, 5) is 26.8. The first kappa shape index (κ1) is 16.9. The Hall–Kier alpha value is -3.20. The lowest BCUT2D eigenvalue weighted by Crippen LogP contribution is -2.42. The van der Waals surface area contributed by atoms with Crippen molar-refractivity contribution in [1.82, 2.24) is 39.2 Å². The van der Waals surface area contributed by atoms with Gasteiger partial charge in [0.05, 0.1) is 23.2 Å². The Bertz CT molecular complexity index is 1210. The molecule has 0 aromatic carbocycles. The lowest BCUT2D eigenvalue weighted by atomic mass is 9.99. The Balaban J connectivity index is 1.65. The minimum atomic E-state index is -0.419. The number of carbonyl (C=O) groups is 1. The number of pyridine rings is 1. The Kier molecular flexibility index (Phi) is 3.73. The molecule has 0 fully saturated rings. The number of amides is 1. The van der Waals surface area contributed by atoms with Crippen LogP contribution in [0.25, 0.3) is 5.52 Å². The predicted molar refractivity (Wildman–Crippen MR) is 101 cm³/mol. The molecule has 1 aliphatic rings. The molecule has 1 unspecified atom stereocenters. The number of aryl methyl sites for hydroxylation is 2. The number of hydrogen-bond acceptors (Lipinski definition) is 5. The number of imidazole rings is 1. The van der Waals surface area contributed by atoms with Crippen LogP contribution in [0.3, 0.4) is 0 Å². The average Bonchev–Trinajstić information content (AvgIpc) is 3.38. The van der Waals surface area contributed by atoms with E-state index in [1.54, 1.807) is 18.3 Å². The lowest BCUT2D eigenvalue weighted by Gasteiger charge is -2.33. The number of carbonyl (C=O) groups excluding carboxylic acids is 1. The molecule has 1 amide bonds. The van der Waals surface area contributed by atoms with Gasteiger partial charge in [-0.05, 0) is 36.2 Å². The maximum atomic E-state index is 13.3. The van der Waals surface area contributed by atoms with E-state index in [2.05, 4.69) is 20.1 Å². The molecule has 0 spiro atoms. The Morgan fingerprint density at radius 1 is 1.36 bits per heavy atom. The number of hydrogen-bond donors (Lipinski definition) is 1. The van der Waals surface area contributed by atoms with E-state index in [4.69, 9.17) is 16.7 Å². The standard InChI is InChI=1S/C18H17ClN8O/c1-10-4-3-6-27-13(10)8-12(23-27)15-14-11(20-9-21-14)5-7-26(15)17(28)16-22-18(19)24-25(16)2/h3-4,6,8-9,15H,5,7H2,1-2H3,(H,20,21). The van der Waals surface area contributed by atoms with E-state index >= 15 is 0 Å². The molecule has 142 valence electrons. The van der Waals surface area contributed by atoms with E-state index in [0.717, 1.165) is 28.2 Å². The van der Waals surface area contributed by atoms with Crippen molar-refractivity contribution in [3.63, 3.8) is 0 Å². The molecular weight excluding hydrogens is 380 g/mol. The summed E-state index contributed by atoms with van der Waals surface area (Å²) in [6.45, 7) is 2.54. The van der Waals surface area contributed by atoms with E-state index < -0.39 is 6.04 Å². The molecule has 4 aromatic rings. The van der Waals surface area contributed by atoms with Gasteiger partial charge < -0.3 is 9.88 Å². The zero-order chi connectivity index (χ0) is 19.4. The van der Waals surface area contributed by atoms with Gasteiger partial charge in [0, 0.05) is 31.9 Å². The second-order valence-electron chi connectivity index (χ2n) is 6.84. The number of H-pyrrole nitrogens is 1. The summed E-state index contributed by atoms with van der Waals surface area (Å²) in [7, 11) is 1.65. The maximum absolute atomic E-state index is 13.3. The zero-order valence-electron chi connectivity index (χ0n) is 15.3. The van der Waals surface area contributed by atoms with Crippen molar-refractivity contribution in [2.24, 2.45) is 7.05 Å². The highest BCUT2D eigenvalue weighted by molar-refractivity contribution is 6.28. The first-order valence-corrected chi connectivity index (χ1v) is 9.25. The third-order valence-electron chi connectivity index (χ3n) is 5.13. The second-order valence-corrected chi connectivity index (χ2v) is 7.17. The molecule has 4 aromatic heterocycles. The molecule has 0 saturated heterocycles. The first-order valence-electron chi connectivity index (χ1n) is 8.87. The smallest absolute Gasteiger partial charge is 0.292 e. The summed E-state index contributed by atoms with van der Waals surface area (Å²) < 4.78 is 3.23. The average molecular weight is 397 g/mol. The van der Waals surface area contributed by atoms with Gasteiger partial charge >= 0.3 is 0 Å². The van der Waals surface area contributed by atoms with Gasteiger partial charge in [0.25, 0.3) is 5.91 Å². The predicted octanol–water partition coefficient (Wildman–Crippen LogP) is 1.94. The van der Waals surface area contributed by atoms with Gasteiger partial charge in [-0.25, -0.2) is 14.2 Å². The fraction of sp³-hybridized carbons (Fsp3) is 0.278. The molecule has 1 atom stereocenters. The number of aromatic amines is 1. The number of halogens is 1. The molecule has 1 aliphatic heterocycles. The third-order valence-corrected chi connectivity index (χ3v) is 5.29. The monoisotopic (exact) mass is 396 g/mol. The van der Waals surface area contributed by atoms with Gasteiger partial charge in [0.2, 0.25) is 11.1 Å². The molecule has 9 nitrogen and oxygen atoms in total. The molecule has 0 bridgehead atoms. The van der Waals surface area contributed by atoms with Crippen LogP contribution in [0.5, 0.6) is 0 Å². The maximum Gasteiger partial charge on any atom is 0.292 e. The summed E-state index contributed by atoms with van der Waals surface area (Å²) in [5, 5.41) is 8.76. The van der Waals surface area contributed by atoms with Crippen molar-refractivity contribution in [2.75, 3.05) is 6.54 Å². The highest BCUT2D eigenvalue weighted by atomic mass is 35.5. The Morgan fingerprint density at radius 2 is 2.21 bits per heavy atom. The van der Waals surface area contributed by atoms with Crippen LogP contribution in [0.4, 0.5) is 0 Å². The van der Waals surface area contributed by atoms with Crippen molar-refractivity contribution in [2.45, 2.75) is 19.4 Å². The summed E-state index contributed by atoms with van der Waals surface area (Å²) in [6, 6.07) is 5.57. The van der Waals surface area contributed by atoms with E-state index in [1.165, 1.54) is 4.68 Å². The largest absolute Gasteiger partial charge is 0.348 e. The van der Waals surface area contributed by atoms with Gasteiger partial charge in [-0.1, -0.05) is 6.07 Å². The normalized spacial score (nSPS) is 16.5. The fourth-order valence-electron chi connectivity index (χ4n) is 3.77. The molecule has 0 radical (unpaired) electrons. The number of nitrogens with zero attached hydrogens (tertiary/aromatic N) is 7. The van der Waals surface area contributed by atoms with Crippen LogP contribution in [-0.2, 0) is 13.5 Å². The van der Waals surface area contributed by atoms with Gasteiger partial charge in [-0.15, -0.1) is 5.10 Å². The summed E-state index contributed by atoms with van der Waals surface area (Å²) >= 11 is 5.89. The lowest BCUT2D eigenvalue weighted by molar-refractivity contribution is 0.0669. The molecular formula is C18H17ClN8O. The van der Waals surface area contributed by atoms with Gasteiger partial charge in [-0.3, -0.25) is 4.79 Å². The van der Waals surface area contributed by atoms with Crippen LogP contribution in [0.2, 0.25) is 5.28 Å². The van der Waals surface area contributed by atoms with Crippen LogP contribution in [0.1, 0.15) is 39.3 Å². The van der Waals surface area contributed by atoms with E-state index in [-0.39, 0.29) is 17.0 Å². The highest BCUT2D eigenvalue weighted by Gasteiger charge is 2.37. The van der Waals surface area contributed by atoms with Crippen molar-refractivity contribution < 1.29 is 4.79 Å². The van der Waals surface area contributed by atoms with Crippen LogP contribution in [0, 0.1) is 6.92 Å². The van der Waals surface area contributed by atoms with E-state index in [0.29, 0.717) is 13.0 Å². The molecule has 28 heavy (non-hydrogen) atoms. The number of fused-ring (bicyclic) bond motifs is 2. The van der Waals surface area contributed by atoms with Gasteiger partial charge in [0.15, 0.2) is 0 Å². The molecule has 0 aliphatic carbocycles. The van der Waals surface area contributed by atoms with Crippen LogP contribution in [-0.4, -0.2) is 51.7 Å². The molecule has 0 saturated carbocycles. The third kappa shape index (κ3) is 2.50. The number of aromatic nitrogens is 7. The van der Waals surface area contributed by atoms with Crippen molar-refractivity contribution in [3.8, 4) is 0 Å². The SMILES string of the molecule is Cc1cccn2nc(C3c4nc[nH]c4CCN3C(=O)c3nc(Cl)nn3C)cc12. The molecule has 1 N–H and O–H groups in total. The van der Waals surface area contributed by atoms with Gasteiger partial charge in [0.1, 0.15) is 6.04 Å². The Labute approximate surface area is 165 Å². The van der Waals surface area contributed by atoms with Crippen LogP contribution < -0.4 is 0 Å². The number of nitrogens with one attached hydrogen (secondary N) is 1. The Morgan fingerprint density at radius 3 is 2.96 bits per heavy atom. The van der Waals surface area contributed by atoms with Crippen molar-refractivity contribution >= 4 is 23.0 Å². The van der Waals surface area contributed by atoms with Crippen LogP contribution in [0.15, 0.2) is 30.7 Å². The molecule has 5 rings (SSSR count). The van der Waals surface area contributed by atoms with Crippen molar-refractivity contribution in [3.05, 3.63) is 64.5 Å². The molecule has 5 heterocycles. The quantitative estimate of drug-likeness (QED) is 0.558.